The van der Waals surface area contributed by atoms with E-state index in [9.17, 15) is 9.36 Å². The highest BCUT2D eigenvalue weighted by Crippen LogP contribution is 2.09. The van der Waals surface area contributed by atoms with Gasteiger partial charge in [0.1, 0.15) is 12.8 Å². The van der Waals surface area contributed by atoms with Crippen molar-refractivity contribution in [2.75, 3.05) is 12.8 Å². The van der Waals surface area contributed by atoms with E-state index in [1.54, 1.807) is 13.6 Å². The quantitative estimate of drug-likeness (QED) is 0.568. The maximum absolute atomic E-state index is 10.6. The van der Waals surface area contributed by atoms with Crippen LogP contribution in [0.2, 0.25) is 0 Å². The fourth-order valence-electron chi connectivity index (χ4n) is 0.673. The predicted molar refractivity (Wildman–Crippen MR) is 71.9 cm³/mol. The summed E-state index contributed by atoms with van der Waals surface area (Å²) in [6, 6.07) is 9.23. The molecule has 0 aliphatic rings. The first-order valence-electron chi connectivity index (χ1n) is 5.52. The van der Waals surface area contributed by atoms with Crippen molar-refractivity contribution in [3.63, 3.8) is 0 Å². The van der Waals surface area contributed by atoms with Crippen molar-refractivity contribution >= 4 is 13.6 Å². The molecule has 1 atom stereocenters. The van der Waals surface area contributed by atoms with Crippen LogP contribution in [0.3, 0.4) is 0 Å². The van der Waals surface area contributed by atoms with Gasteiger partial charge in [-0.05, 0) is 13.8 Å². The Morgan fingerprint density at radius 2 is 1.56 bits per heavy atom. The van der Waals surface area contributed by atoms with Crippen molar-refractivity contribution in [2.24, 2.45) is 0 Å². The molecule has 0 aliphatic heterocycles. The van der Waals surface area contributed by atoms with E-state index in [0.717, 1.165) is 11.7 Å². The minimum Gasteiger partial charge on any atom is -0.295 e. The summed E-state index contributed by atoms with van der Waals surface area (Å²) in [6.45, 7) is 9.21. The summed E-state index contributed by atoms with van der Waals surface area (Å²) in [4.78, 5) is 10.6. The van der Waals surface area contributed by atoms with E-state index in [0.29, 0.717) is 0 Å². The molecule has 0 heterocycles. The average Bonchev–Trinajstić information content (AvgIpc) is 2.33. The summed E-state index contributed by atoms with van der Waals surface area (Å²) >= 11 is 0. The molecule has 0 saturated heterocycles. The van der Waals surface area contributed by atoms with Crippen LogP contribution in [-0.2, 0) is 4.57 Å². The Morgan fingerprint density at radius 3 is 1.75 bits per heavy atom. The topological polar surface area (TPSA) is 34.1 Å². The van der Waals surface area contributed by atoms with Crippen LogP contribution in [0.15, 0.2) is 30.3 Å². The van der Waals surface area contributed by atoms with Crippen molar-refractivity contribution in [3.05, 3.63) is 35.9 Å². The average molecular weight is 241 g/mol. The minimum absolute atomic E-state index is 0.121. The van der Waals surface area contributed by atoms with Crippen LogP contribution in [0.4, 0.5) is 0 Å². The van der Waals surface area contributed by atoms with Gasteiger partial charge in [0, 0.05) is 5.56 Å². The lowest BCUT2D eigenvalue weighted by Gasteiger charge is -1.89. The highest BCUT2D eigenvalue weighted by molar-refractivity contribution is 7.43. The second-order valence-corrected chi connectivity index (χ2v) is 4.75. The largest absolute Gasteiger partial charge is 0.335 e. The number of carbonyl (C=O) groups excluding carboxylic acids is 1. The molecule has 0 fully saturated rings. The number of Topliss-reactive ketones (excluding diaryl/α,β-unsaturated/α-hetero) is 1. The number of ketones is 1. The Hall–Kier alpha value is -1.01. The van der Waals surface area contributed by atoms with E-state index in [1.807, 2.05) is 51.1 Å². The zero-order chi connectivity index (χ0) is 13.0. The molecule has 0 aliphatic carbocycles. The second-order valence-electron chi connectivity index (χ2n) is 2.87. The van der Waals surface area contributed by atoms with Gasteiger partial charge in [-0.25, -0.2) is 0 Å². The summed E-state index contributed by atoms with van der Waals surface area (Å²) in [5.41, 5.74) is 0.775. The first kappa shape index (κ1) is 17.4. The number of rotatable bonds is 2. The van der Waals surface area contributed by atoms with Gasteiger partial charge in [-0.15, -0.1) is 0 Å². The highest BCUT2D eigenvalue weighted by Gasteiger charge is 1.93. The van der Waals surface area contributed by atoms with Gasteiger partial charge in [0.05, 0.1) is 0 Å². The SMILES string of the molecule is CC.CC(=O)c1ccccc1.CC[P+](C)=O. The summed E-state index contributed by atoms with van der Waals surface area (Å²) < 4.78 is 9.96. The molecule has 0 radical (unpaired) electrons. The summed E-state index contributed by atoms with van der Waals surface area (Å²) in [5, 5.41) is 0. The monoisotopic (exact) mass is 241 g/mol. The van der Waals surface area contributed by atoms with E-state index < -0.39 is 7.80 Å². The summed E-state index contributed by atoms with van der Waals surface area (Å²) in [5.74, 6) is 0.121. The lowest BCUT2D eigenvalue weighted by Crippen LogP contribution is -1.88. The van der Waals surface area contributed by atoms with Gasteiger partial charge in [-0.2, -0.15) is 0 Å². The van der Waals surface area contributed by atoms with Crippen molar-refractivity contribution in [3.8, 4) is 0 Å². The second kappa shape index (κ2) is 12.1. The molecule has 0 saturated carbocycles. The van der Waals surface area contributed by atoms with E-state index >= 15 is 0 Å². The zero-order valence-electron chi connectivity index (χ0n) is 10.9. The first-order chi connectivity index (χ1) is 7.57. The smallest absolute Gasteiger partial charge is 0.295 e. The number of benzene rings is 1. The molecule has 0 bridgehead atoms. The van der Waals surface area contributed by atoms with Crippen molar-refractivity contribution in [2.45, 2.75) is 27.7 Å². The number of hydrogen-bond acceptors (Lipinski definition) is 2. The molecule has 90 valence electrons. The van der Waals surface area contributed by atoms with Gasteiger partial charge < -0.3 is 0 Å². The minimum atomic E-state index is -0.848. The van der Waals surface area contributed by atoms with Crippen LogP contribution in [-0.4, -0.2) is 18.6 Å². The van der Waals surface area contributed by atoms with Crippen LogP contribution in [0.1, 0.15) is 38.1 Å². The maximum Gasteiger partial charge on any atom is 0.335 e. The van der Waals surface area contributed by atoms with Crippen molar-refractivity contribution in [1.29, 1.82) is 0 Å². The van der Waals surface area contributed by atoms with Gasteiger partial charge in [0.25, 0.3) is 0 Å². The standard InChI is InChI=1S/C8H8O.C3H8OP.C2H6/c1-7(9)8-5-3-2-4-6-8;1-3-5(2)4;1-2/h2-6H,1H3;3H2,1-2H3;1-2H3/q;+1;. The van der Waals surface area contributed by atoms with Crippen LogP contribution >= 0.6 is 7.80 Å². The fraction of sp³-hybridized carbons (Fsp3) is 0.462. The van der Waals surface area contributed by atoms with E-state index in [-0.39, 0.29) is 5.78 Å². The molecule has 1 rings (SSSR count). The molecule has 1 aromatic carbocycles. The Kier molecular flexibility index (Phi) is 13.1. The van der Waals surface area contributed by atoms with E-state index in [2.05, 4.69) is 0 Å². The Balaban J connectivity index is 0. The van der Waals surface area contributed by atoms with Gasteiger partial charge in [0.2, 0.25) is 0 Å². The molecule has 0 N–H and O–H groups in total. The summed E-state index contributed by atoms with van der Waals surface area (Å²) in [7, 11) is -0.848. The van der Waals surface area contributed by atoms with Crippen molar-refractivity contribution in [1.82, 2.24) is 0 Å². The van der Waals surface area contributed by atoms with Gasteiger partial charge in [0.15, 0.2) is 5.78 Å². The lowest BCUT2D eigenvalue weighted by molar-refractivity contribution is 0.101. The fourth-order valence-corrected chi connectivity index (χ4v) is 0.673. The van der Waals surface area contributed by atoms with Gasteiger partial charge >= 0.3 is 7.80 Å². The molecular weight excluding hydrogens is 219 g/mol. The zero-order valence-corrected chi connectivity index (χ0v) is 11.8. The third-order valence-corrected chi connectivity index (χ3v) is 2.52. The molecule has 0 spiro atoms. The molecule has 3 heteroatoms. The Labute approximate surface area is 99.9 Å². The molecule has 2 nitrogen and oxygen atoms in total. The molecule has 16 heavy (non-hydrogen) atoms. The third-order valence-electron chi connectivity index (χ3n) is 1.63. The lowest BCUT2D eigenvalue weighted by atomic mass is 10.2. The van der Waals surface area contributed by atoms with Crippen LogP contribution in [0, 0.1) is 0 Å². The molecule has 1 unspecified atom stereocenters. The Morgan fingerprint density at radius 1 is 1.19 bits per heavy atom. The maximum atomic E-state index is 10.6. The number of carbonyl (C=O) groups is 1. The summed E-state index contributed by atoms with van der Waals surface area (Å²) in [6.07, 6.45) is 0.815. The predicted octanol–water partition coefficient (Wildman–Crippen LogP) is 4.38. The van der Waals surface area contributed by atoms with Crippen molar-refractivity contribution < 1.29 is 9.36 Å². The highest BCUT2D eigenvalue weighted by atomic mass is 31.1. The van der Waals surface area contributed by atoms with Gasteiger partial charge in [-0.1, -0.05) is 48.7 Å². The van der Waals surface area contributed by atoms with Crippen LogP contribution in [0.5, 0.6) is 0 Å². The van der Waals surface area contributed by atoms with E-state index in [1.165, 1.54) is 0 Å². The Bertz CT molecular complexity index is 294. The molecule has 0 amide bonds. The number of hydrogen-bond donors (Lipinski definition) is 0. The van der Waals surface area contributed by atoms with Gasteiger partial charge in [-0.3, -0.25) is 4.79 Å². The molecular formula is C13H22O2P+. The molecule has 1 aromatic rings. The van der Waals surface area contributed by atoms with Crippen LogP contribution < -0.4 is 0 Å². The normalized spacial score (nSPS) is 8.94. The first-order valence-corrected chi connectivity index (χ1v) is 7.41. The third kappa shape index (κ3) is 11.1. The van der Waals surface area contributed by atoms with Crippen LogP contribution in [0.25, 0.3) is 0 Å². The van der Waals surface area contributed by atoms with E-state index in [4.69, 9.17) is 0 Å². The molecule has 0 aromatic heterocycles.